The van der Waals surface area contributed by atoms with Crippen molar-refractivity contribution in [1.29, 1.82) is 0 Å². The zero-order chi connectivity index (χ0) is 21.4. The molecule has 2 heterocycles. The second-order valence-corrected chi connectivity index (χ2v) is 7.58. The summed E-state index contributed by atoms with van der Waals surface area (Å²) in [6.45, 7) is 8.73. The highest BCUT2D eigenvalue weighted by molar-refractivity contribution is 5.86. The molecule has 0 radical (unpaired) electrons. The van der Waals surface area contributed by atoms with Gasteiger partial charge in [-0.25, -0.2) is 9.59 Å². The maximum atomic E-state index is 13.0. The molecule has 12 heteroatoms. The van der Waals surface area contributed by atoms with E-state index in [0.717, 1.165) is 0 Å². The fourth-order valence-electron chi connectivity index (χ4n) is 2.81. The number of tetrazole rings is 1. The number of nitrogens with zero attached hydrogens (tertiary/aromatic N) is 5. The minimum atomic E-state index is -0.808. The van der Waals surface area contributed by atoms with Crippen LogP contribution in [0.15, 0.2) is 0 Å². The van der Waals surface area contributed by atoms with Crippen LogP contribution < -0.4 is 5.32 Å². The monoisotopic (exact) mass is 411 g/mol. The van der Waals surface area contributed by atoms with E-state index in [1.165, 1.54) is 0 Å². The third-order valence-corrected chi connectivity index (χ3v) is 4.15. The number of ether oxygens (including phenoxy) is 2. The third kappa shape index (κ3) is 7.20. The molecule has 1 aliphatic heterocycles. The van der Waals surface area contributed by atoms with Crippen LogP contribution in [0.5, 0.6) is 0 Å². The second kappa shape index (κ2) is 10.0. The molecule has 162 valence electrons. The van der Waals surface area contributed by atoms with E-state index in [2.05, 4.69) is 25.9 Å². The zero-order valence-electron chi connectivity index (χ0n) is 17.3. The number of piperazine rings is 1. The fourth-order valence-corrected chi connectivity index (χ4v) is 2.81. The molecule has 2 rings (SSSR count). The van der Waals surface area contributed by atoms with Crippen LogP contribution in [0.3, 0.4) is 0 Å². The van der Waals surface area contributed by atoms with Crippen LogP contribution in [-0.4, -0.2) is 92.9 Å². The van der Waals surface area contributed by atoms with Crippen LogP contribution in [-0.2, 0) is 20.7 Å². The van der Waals surface area contributed by atoms with E-state index in [0.29, 0.717) is 45.0 Å². The van der Waals surface area contributed by atoms with Gasteiger partial charge in [-0.1, -0.05) is 5.21 Å². The van der Waals surface area contributed by atoms with Gasteiger partial charge >= 0.3 is 12.2 Å². The molecule has 1 saturated heterocycles. The van der Waals surface area contributed by atoms with E-state index < -0.39 is 17.7 Å². The summed E-state index contributed by atoms with van der Waals surface area (Å²) in [6.07, 6.45) is -0.421. The molecule has 0 bridgehead atoms. The summed E-state index contributed by atoms with van der Waals surface area (Å²) in [5.41, 5.74) is -0.684. The van der Waals surface area contributed by atoms with Crippen molar-refractivity contribution in [2.75, 3.05) is 32.8 Å². The minimum absolute atomic E-state index is 0.247. The van der Waals surface area contributed by atoms with Gasteiger partial charge in [-0.3, -0.25) is 4.79 Å². The Kier molecular flexibility index (Phi) is 7.74. The number of aromatic nitrogens is 4. The summed E-state index contributed by atoms with van der Waals surface area (Å²) in [7, 11) is 0. The Hall–Kier alpha value is -2.92. The lowest BCUT2D eigenvalue weighted by molar-refractivity contribution is -0.135. The van der Waals surface area contributed by atoms with Crippen LogP contribution in [0.25, 0.3) is 0 Å². The molecule has 1 atom stereocenters. The Labute approximate surface area is 169 Å². The van der Waals surface area contributed by atoms with Gasteiger partial charge in [0.05, 0.1) is 6.61 Å². The summed E-state index contributed by atoms with van der Waals surface area (Å²) in [5, 5.41) is 16.2. The molecule has 29 heavy (non-hydrogen) atoms. The predicted octanol–water partition coefficient (Wildman–Crippen LogP) is 0.326. The largest absolute Gasteiger partial charge is 0.450 e. The van der Waals surface area contributed by atoms with Gasteiger partial charge in [-0.05, 0) is 34.1 Å². The predicted molar refractivity (Wildman–Crippen MR) is 101 cm³/mol. The molecule has 2 N–H and O–H groups in total. The summed E-state index contributed by atoms with van der Waals surface area (Å²) in [4.78, 5) is 40.2. The van der Waals surface area contributed by atoms with Crippen LogP contribution in [0, 0.1) is 0 Å². The van der Waals surface area contributed by atoms with Gasteiger partial charge in [-0.15, -0.1) is 10.2 Å². The number of hydrogen-bond acceptors (Lipinski definition) is 8. The third-order valence-electron chi connectivity index (χ3n) is 4.15. The van der Waals surface area contributed by atoms with Crippen molar-refractivity contribution in [3.05, 3.63) is 5.82 Å². The molecule has 0 saturated carbocycles. The molecule has 1 aromatic heterocycles. The molecule has 0 aromatic carbocycles. The summed E-state index contributed by atoms with van der Waals surface area (Å²) >= 11 is 0. The minimum Gasteiger partial charge on any atom is -0.450 e. The Morgan fingerprint density at radius 2 is 1.83 bits per heavy atom. The maximum Gasteiger partial charge on any atom is 0.409 e. The first-order valence-electron chi connectivity index (χ1n) is 9.62. The van der Waals surface area contributed by atoms with Crippen LogP contribution in [0.1, 0.15) is 39.9 Å². The number of aryl methyl sites for hydroxylation is 1. The highest BCUT2D eigenvalue weighted by Crippen LogP contribution is 2.11. The van der Waals surface area contributed by atoms with Crippen molar-refractivity contribution in [2.45, 2.75) is 52.2 Å². The van der Waals surface area contributed by atoms with Gasteiger partial charge in [0.25, 0.3) is 0 Å². The molecular formula is C17H29N7O5. The van der Waals surface area contributed by atoms with E-state index in [1.54, 1.807) is 37.5 Å². The second-order valence-electron chi connectivity index (χ2n) is 7.58. The summed E-state index contributed by atoms with van der Waals surface area (Å²) < 4.78 is 10.3. The van der Waals surface area contributed by atoms with Gasteiger partial charge in [-0.2, -0.15) is 5.21 Å². The topological polar surface area (TPSA) is 143 Å². The molecule has 0 spiro atoms. The molecule has 1 aromatic rings. The number of H-pyrrole nitrogens is 1. The van der Waals surface area contributed by atoms with E-state index >= 15 is 0 Å². The van der Waals surface area contributed by atoms with Crippen molar-refractivity contribution in [3.63, 3.8) is 0 Å². The number of alkyl carbamates (subject to hydrolysis) is 1. The lowest BCUT2D eigenvalue weighted by atomic mass is 10.1. The highest BCUT2D eigenvalue weighted by Gasteiger charge is 2.31. The van der Waals surface area contributed by atoms with Crippen molar-refractivity contribution in [3.8, 4) is 0 Å². The molecule has 3 amide bonds. The number of hydrogen-bond donors (Lipinski definition) is 2. The number of carbonyl (C=O) groups is 3. The standard InChI is InChI=1S/C17H29N7O5/c1-5-28-16(27)24-10-8-23(9-11-24)14(25)12(6-7-13-19-21-22-20-13)18-15(26)29-17(2,3)4/h12H,5-11H2,1-4H3,(H,18,26)(H,19,20,21,22)/t12-/m0/s1. The first-order valence-corrected chi connectivity index (χ1v) is 9.62. The van der Waals surface area contributed by atoms with Crippen molar-refractivity contribution < 1.29 is 23.9 Å². The first kappa shape index (κ1) is 22.4. The van der Waals surface area contributed by atoms with Gasteiger partial charge in [0.15, 0.2) is 5.82 Å². The van der Waals surface area contributed by atoms with Crippen molar-refractivity contribution in [2.24, 2.45) is 0 Å². The molecule has 1 fully saturated rings. The number of aromatic amines is 1. The lowest BCUT2D eigenvalue weighted by Gasteiger charge is -2.36. The van der Waals surface area contributed by atoms with Gasteiger partial charge < -0.3 is 24.6 Å². The number of carbonyl (C=O) groups excluding carboxylic acids is 3. The SMILES string of the molecule is CCOC(=O)N1CCN(C(=O)[C@H](CCc2nn[nH]n2)NC(=O)OC(C)(C)C)CC1. The number of nitrogens with one attached hydrogen (secondary N) is 2. The summed E-state index contributed by atoms with van der Waals surface area (Å²) in [5.74, 6) is 0.198. The Morgan fingerprint density at radius 1 is 1.17 bits per heavy atom. The Morgan fingerprint density at radius 3 is 2.38 bits per heavy atom. The molecule has 0 unspecified atom stereocenters. The lowest BCUT2D eigenvalue weighted by Crippen LogP contribution is -2.56. The van der Waals surface area contributed by atoms with Crippen molar-refractivity contribution in [1.82, 2.24) is 35.7 Å². The average Bonchev–Trinajstić information content (AvgIpc) is 3.17. The van der Waals surface area contributed by atoms with Crippen LogP contribution in [0.2, 0.25) is 0 Å². The quantitative estimate of drug-likeness (QED) is 0.682. The highest BCUT2D eigenvalue weighted by atomic mass is 16.6. The zero-order valence-corrected chi connectivity index (χ0v) is 17.3. The maximum absolute atomic E-state index is 13.0. The molecule has 12 nitrogen and oxygen atoms in total. The van der Waals surface area contributed by atoms with Crippen molar-refractivity contribution >= 4 is 18.1 Å². The number of amides is 3. The average molecular weight is 411 g/mol. The normalized spacial score (nSPS) is 15.6. The molecule has 1 aliphatic rings. The van der Waals surface area contributed by atoms with Crippen LogP contribution >= 0.6 is 0 Å². The Balaban J connectivity index is 1.98. The first-order chi connectivity index (χ1) is 13.7. The van der Waals surface area contributed by atoms with E-state index in [4.69, 9.17) is 9.47 Å². The van der Waals surface area contributed by atoms with Gasteiger partial charge in [0, 0.05) is 32.6 Å². The molecular weight excluding hydrogens is 382 g/mol. The van der Waals surface area contributed by atoms with Gasteiger partial charge in [0.1, 0.15) is 11.6 Å². The van der Waals surface area contributed by atoms with E-state index in [9.17, 15) is 14.4 Å². The smallest absolute Gasteiger partial charge is 0.409 e. The van der Waals surface area contributed by atoms with E-state index in [-0.39, 0.29) is 18.4 Å². The Bertz CT molecular complexity index is 681. The fraction of sp³-hybridized carbons (Fsp3) is 0.765. The summed E-state index contributed by atoms with van der Waals surface area (Å²) in [6, 6.07) is -0.808. The molecule has 0 aliphatic carbocycles. The van der Waals surface area contributed by atoms with E-state index in [1.807, 2.05) is 0 Å². The van der Waals surface area contributed by atoms with Gasteiger partial charge in [0.2, 0.25) is 5.91 Å². The number of rotatable bonds is 6. The van der Waals surface area contributed by atoms with Crippen LogP contribution in [0.4, 0.5) is 9.59 Å².